The van der Waals surface area contributed by atoms with Gasteiger partial charge >= 0.3 is 0 Å². The third kappa shape index (κ3) is 2.09. The van der Waals surface area contributed by atoms with E-state index in [9.17, 15) is 9.90 Å². The van der Waals surface area contributed by atoms with Crippen LogP contribution in [0.15, 0.2) is 0 Å². The van der Waals surface area contributed by atoms with Crippen LogP contribution in [0.1, 0.15) is 40.5 Å². The van der Waals surface area contributed by atoms with E-state index in [0.717, 1.165) is 6.42 Å². The van der Waals surface area contributed by atoms with Crippen LogP contribution in [0.2, 0.25) is 0 Å². The van der Waals surface area contributed by atoms with Crippen molar-refractivity contribution in [2.45, 2.75) is 52.7 Å². The Morgan fingerprint density at radius 3 is 2.50 bits per heavy atom. The first-order valence-electron chi connectivity index (χ1n) is 5.97. The summed E-state index contributed by atoms with van der Waals surface area (Å²) in [6.45, 7) is 8.14. The minimum Gasteiger partial charge on any atom is -0.392 e. The molecule has 0 heterocycles. The Balaban J connectivity index is 2.60. The Kier molecular flexibility index (Phi) is 3.65. The Bertz CT molecular complexity index is 272. The quantitative estimate of drug-likeness (QED) is 0.661. The first kappa shape index (κ1) is 13.5. The van der Waals surface area contributed by atoms with E-state index in [-0.39, 0.29) is 23.5 Å². The van der Waals surface area contributed by atoms with Gasteiger partial charge in [0.05, 0.1) is 11.5 Å². The van der Waals surface area contributed by atoms with E-state index in [2.05, 4.69) is 5.32 Å². The molecule has 0 aromatic carbocycles. The summed E-state index contributed by atoms with van der Waals surface area (Å²) in [5.74, 6) is 0.00229. The summed E-state index contributed by atoms with van der Waals surface area (Å²) < 4.78 is 0. The predicted octanol–water partition coefficient (Wildman–Crippen LogP) is 0.637. The number of carbonyl (C=O) groups is 1. The number of hydrogen-bond donors (Lipinski definition) is 3. The Morgan fingerprint density at radius 1 is 1.62 bits per heavy atom. The first-order valence-corrected chi connectivity index (χ1v) is 5.97. The largest absolute Gasteiger partial charge is 0.392 e. The van der Waals surface area contributed by atoms with E-state index in [0.29, 0.717) is 13.0 Å². The zero-order chi connectivity index (χ0) is 12.6. The number of amides is 1. The smallest absolute Gasteiger partial charge is 0.227 e. The molecule has 94 valence electrons. The van der Waals surface area contributed by atoms with E-state index < -0.39 is 5.41 Å². The second-order valence-corrected chi connectivity index (χ2v) is 5.72. The molecule has 1 rings (SSSR count). The number of aliphatic hydroxyl groups excluding tert-OH is 1. The van der Waals surface area contributed by atoms with Crippen molar-refractivity contribution in [2.24, 2.45) is 16.6 Å². The molecule has 0 bridgehead atoms. The van der Waals surface area contributed by atoms with Crippen molar-refractivity contribution in [1.82, 2.24) is 5.32 Å². The average molecular weight is 228 g/mol. The van der Waals surface area contributed by atoms with Crippen LogP contribution in [-0.4, -0.2) is 29.7 Å². The SMILES string of the molecule is CCC(C)(CN)C(=O)NC1CC(O)C1(C)C. The molecule has 0 radical (unpaired) electrons. The van der Waals surface area contributed by atoms with Gasteiger partial charge in [-0.3, -0.25) is 4.79 Å². The molecule has 4 nitrogen and oxygen atoms in total. The summed E-state index contributed by atoms with van der Waals surface area (Å²) >= 11 is 0. The highest BCUT2D eigenvalue weighted by molar-refractivity contribution is 5.82. The van der Waals surface area contributed by atoms with E-state index in [1.54, 1.807) is 0 Å². The van der Waals surface area contributed by atoms with E-state index in [1.165, 1.54) is 0 Å². The highest BCUT2D eigenvalue weighted by Gasteiger charge is 2.49. The molecule has 3 unspecified atom stereocenters. The van der Waals surface area contributed by atoms with Gasteiger partial charge in [-0.2, -0.15) is 0 Å². The van der Waals surface area contributed by atoms with Gasteiger partial charge in [0.25, 0.3) is 0 Å². The van der Waals surface area contributed by atoms with E-state index >= 15 is 0 Å². The van der Waals surface area contributed by atoms with Gasteiger partial charge in [0.2, 0.25) is 5.91 Å². The fourth-order valence-corrected chi connectivity index (χ4v) is 1.88. The summed E-state index contributed by atoms with van der Waals surface area (Å²) in [6, 6.07) is 0.0624. The number of hydrogen-bond acceptors (Lipinski definition) is 3. The molecular formula is C12H24N2O2. The highest BCUT2D eigenvalue weighted by atomic mass is 16.3. The van der Waals surface area contributed by atoms with Crippen LogP contribution in [0.3, 0.4) is 0 Å². The zero-order valence-corrected chi connectivity index (χ0v) is 10.7. The Labute approximate surface area is 97.6 Å². The third-order valence-electron chi connectivity index (χ3n) is 4.30. The summed E-state index contributed by atoms with van der Waals surface area (Å²) in [5.41, 5.74) is 4.93. The molecule has 1 fully saturated rings. The van der Waals surface area contributed by atoms with Crippen LogP contribution in [-0.2, 0) is 4.79 Å². The molecule has 4 N–H and O–H groups in total. The van der Waals surface area contributed by atoms with Crippen LogP contribution in [0, 0.1) is 10.8 Å². The number of carbonyl (C=O) groups excluding carboxylic acids is 1. The van der Waals surface area contributed by atoms with Crippen molar-refractivity contribution in [2.75, 3.05) is 6.54 Å². The molecule has 1 aliphatic carbocycles. The van der Waals surface area contributed by atoms with Gasteiger partial charge in [-0.1, -0.05) is 20.8 Å². The van der Waals surface area contributed by atoms with Crippen molar-refractivity contribution in [1.29, 1.82) is 0 Å². The lowest BCUT2D eigenvalue weighted by Gasteiger charge is -2.50. The molecule has 3 atom stereocenters. The van der Waals surface area contributed by atoms with Gasteiger partial charge in [0.1, 0.15) is 0 Å². The van der Waals surface area contributed by atoms with Crippen molar-refractivity contribution >= 4 is 5.91 Å². The van der Waals surface area contributed by atoms with Crippen molar-refractivity contribution < 1.29 is 9.90 Å². The maximum Gasteiger partial charge on any atom is 0.227 e. The van der Waals surface area contributed by atoms with Gasteiger partial charge < -0.3 is 16.2 Å². The first-order chi connectivity index (χ1) is 7.28. The lowest BCUT2D eigenvalue weighted by Crippen LogP contribution is -2.63. The number of aliphatic hydroxyl groups is 1. The second kappa shape index (κ2) is 4.34. The lowest BCUT2D eigenvalue weighted by molar-refractivity contribution is -0.137. The second-order valence-electron chi connectivity index (χ2n) is 5.72. The van der Waals surface area contributed by atoms with Crippen LogP contribution in [0.4, 0.5) is 0 Å². The minimum atomic E-state index is -0.489. The van der Waals surface area contributed by atoms with Crippen LogP contribution < -0.4 is 11.1 Å². The molecule has 0 aliphatic heterocycles. The molecule has 16 heavy (non-hydrogen) atoms. The molecule has 1 amide bonds. The van der Waals surface area contributed by atoms with Gasteiger partial charge in [-0.05, 0) is 19.8 Å². The van der Waals surface area contributed by atoms with Crippen molar-refractivity contribution in [3.8, 4) is 0 Å². The summed E-state index contributed by atoms with van der Waals surface area (Å²) in [5, 5.41) is 12.6. The van der Waals surface area contributed by atoms with Gasteiger partial charge in [-0.15, -0.1) is 0 Å². The average Bonchev–Trinajstić information content (AvgIpc) is 2.27. The molecule has 0 aromatic rings. The topological polar surface area (TPSA) is 75.4 Å². The monoisotopic (exact) mass is 228 g/mol. The predicted molar refractivity (Wildman–Crippen MR) is 63.8 cm³/mol. The standard InChI is InChI=1S/C12H24N2O2/c1-5-12(4,7-13)10(16)14-8-6-9(15)11(8,2)3/h8-9,15H,5-7,13H2,1-4H3,(H,14,16). The normalized spacial score (nSPS) is 31.4. The molecule has 0 saturated heterocycles. The molecule has 4 heteroatoms. The summed E-state index contributed by atoms with van der Waals surface area (Å²) in [6.07, 6.45) is 1.05. The van der Waals surface area contributed by atoms with Crippen molar-refractivity contribution in [3.05, 3.63) is 0 Å². The zero-order valence-electron chi connectivity index (χ0n) is 10.7. The number of rotatable bonds is 4. The molecule has 0 spiro atoms. The number of nitrogens with one attached hydrogen (secondary N) is 1. The Hall–Kier alpha value is -0.610. The van der Waals surface area contributed by atoms with Crippen LogP contribution in [0.25, 0.3) is 0 Å². The summed E-state index contributed by atoms with van der Waals surface area (Å²) in [7, 11) is 0. The van der Waals surface area contributed by atoms with Gasteiger partial charge in [0, 0.05) is 18.0 Å². The van der Waals surface area contributed by atoms with E-state index in [4.69, 9.17) is 5.73 Å². The molecule has 1 saturated carbocycles. The summed E-state index contributed by atoms with van der Waals surface area (Å²) in [4.78, 5) is 12.1. The Morgan fingerprint density at radius 2 is 2.19 bits per heavy atom. The third-order valence-corrected chi connectivity index (χ3v) is 4.30. The minimum absolute atomic E-state index is 0.00229. The molecule has 0 aromatic heterocycles. The maximum atomic E-state index is 12.1. The number of nitrogens with two attached hydrogens (primary N) is 1. The fourth-order valence-electron chi connectivity index (χ4n) is 1.88. The van der Waals surface area contributed by atoms with Gasteiger partial charge in [-0.25, -0.2) is 0 Å². The van der Waals surface area contributed by atoms with Crippen molar-refractivity contribution in [3.63, 3.8) is 0 Å². The molecular weight excluding hydrogens is 204 g/mol. The highest BCUT2D eigenvalue weighted by Crippen LogP contribution is 2.40. The van der Waals surface area contributed by atoms with Crippen LogP contribution in [0.5, 0.6) is 0 Å². The molecule has 1 aliphatic rings. The maximum absolute atomic E-state index is 12.1. The van der Waals surface area contributed by atoms with Gasteiger partial charge in [0.15, 0.2) is 0 Å². The van der Waals surface area contributed by atoms with Crippen LogP contribution >= 0.6 is 0 Å². The lowest BCUT2D eigenvalue weighted by atomic mass is 9.64. The fraction of sp³-hybridized carbons (Fsp3) is 0.917. The van der Waals surface area contributed by atoms with E-state index in [1.807, 2.05) is 27.7 Å².